The van der Waals surface area contributed by atoms with Crippen LogP contribution in [-0.2, 0) is 16.0 Å². The van der Waals surface area contributed by atoms with Crippen LogP contribution < -0.4 is 11.1 Å². The minimum Gasteiger partial charge on any atom is -0.448 e. The highest BCUT2D eigenvalue weighted by Crippen LogP contribution is 2.25. The van der Waals surface area contributed by atoms with Gasteiger partial charge in [0.05, 0.1) is 18.1 Å². The van der Waals surface area contributed by atoms with Crippen LogP contribution in [0.5, 0.6) is 0 Å². The molecule has 4 rings (SSSR count). The molecule has 0 saturated heterocycles. The molecule has 0 spiro atoms. The second kappa shape index (κ2) is 7.81. The van der Waals surface area contributed by atoms with E-state index in [2.05, 4.69) is 20.3 Å². The maximum Gasteiger partial charge on any atom is 0.249 e. The standard InChI is InChI=1S/C21H17N5O3/c22-20(28)16(13-4-2-1-3-5-13)8-14-11-24-21-17(14)9-15(12-25-21)26-18(27)10-19-23-6-7-29-19/h1-9,11-12H,10H2,(H2,22,28)(H,24,25)(H,26,27)/b16-8+. The third-order valence-corrected chi connectivity index (χ3v) is 4.29. The summed E-state index contributed by atoms with van der Waals surface area (Å²) < 4.78 is 5.08. The number of nitrogens with two attached hydrogens (primary N) is 1. The van der Waals surface area contributed by atoms with Crippen LogP contribution in [0.4, 0.5) is 5.69 Å². The molecule has 3 heterocycles. The lowest BCUT2D eigenvalue weighted by Gasteiger charge is -2.05. The molecular formula is C21H17N5O3. The minimum atomic E-state index is -0.533. The molecule has 8 heteroatoms. The second-order valence-corrected chi connectivity index (χ2v) is 6.30. The van der Waals surface area contributed by atoms with E-state index in [9.17, 15) is 9.59 Å². The van der Waals surface area contributed by atoms with E-state index in [0.717, 1.165) is 16.5 Å². The van der Waals surface area contributed by atoms with Gasteiger partial charge < -0.3 is 20.5 Å². The van der Waals surface area contributed by atoms with Gasteiger partial charge in [0, 0.05) is 22.7 Å². The number of amides is 2. The van der Waals surface area contributed by atoms with E-state index in [1.54, 1.807) is 24.5 Å². The third kappa shape index (κ3) is 4.06. The van der Waals surface area contributed by atoms with Crippen molar-refractivity contribution in [3.8, 4) is 0 Å². The van der Waals surface area contributed by atoms with Crippen molar-refractivity contribution in [2.24, 2.45) is 5.73 Å². The number of carbonyl (C=O) groups excluding carboxylic acids is 2. The van der Waals surface area contributed by atoms with Crippen molar-refractivity contribution < 1.29 is 14.0 Å². The summed E-state index contributed by atoms with van der Waals surface area (Å²) in [6, 6.07) is 11.0. The van der Waals surface area contributed by atoms with E-state index >= 15 is 0 Å². The fourth-order valence-electron chi connectivity index (χ4n) is 2.96. The van der Waals surface area contributed by atoms with Crippen molar-refractivity contribution in [1.82, 2.24) is 15.0 Å². The first-order valence-electron chi connectivity index (χ1n) is 8.82. The van der Waals surface area contributed by atoms with Gasteiger partial charge in [-0.25, -0.2) is 9.97 Å². The first-order chi connectivity index (χ1) is 14.1. The van der Waals surface area contributed by atoms with Gasteiger partial charge in [-0.2, -0.15) is 0 Å². The van der Waals surface area contributed by atoms with Gasteiger partial charge >= 0.3 is 0 Å². The molecule has 4 aromatic rings. The Labute approximate surface area is 165 Å². The van der Waals surface area contributed by atoms with Crippen molar-refractivity contribution in [2.75, 3.05) is 5.32 Å². The predicted molar refractivity (Wildman–Crippen MR) is 108 cm³/mol. The van der Waals surface area contributed by atoms with Crippen LogP contribution >= 0.6 is 0 Å². The molecule has 2 amide bonds. The summed E-state index contributed by atoms with van der Waals surface area (Å²) in [5.74, 6) is -0.479. The molecule has 0 fully saturated rings. The summed E-state index contributed by atoms with van der Waals surface area (Å²) >= 11 is 0. The Morgan fingerprint density at radius 2 is 2.03 bits per heavy atom. The molecular weight excluding hydrogens is 370 g/mol. The molecule has 0 aliphatic carbocycles. The van der Waals surface area contributed by atoms with Crippen LogP contribution in [0.3, 0.4) is 0 Å². The van der Waals surface area contributed by atoms with Gasteiger partial charge in [0.15, 0.2) is 0 Å². The molecule has 4 N–H and O–H groups in total. The quantitative estimate of drug-likeness (QED) is 0.438. The number of aromatic nitrogens is 3. The van der Waals surface area contributed by atoms with E-state index in [4.69, 9.17) is 10.2 Å². The number of oxazole rings is 1. The van der Waals surface area contributed by atoms with Gasteiger partial charge in [-0.05, 0) is 17.7 Å². The van der Waals surface area contributed by atoms with E-state index in [1.807, 2.05) is 30.3 Å². The molecule has 0 radical (unpaired) electrons. The number of carbonyl (C=O) groups is 2. The fraction of sp³-hybridized carbons (Fsp3) is 0.0476. The van der Waals surface area contributed by atoms with Crippen molar-refractivity contribution in [3.05, 3.63) is 78.3 Å². The zero-order chi connectivity index (χ0) is 20.2. The van der Waals surface area contributed by atoms with Gasteiger partial charge in [-0.15, -0.1) is 0 Å². The Morgan fingerprint density at radius 1 is 1.21 bits per heavy atom. The first kappa shape index (κ1) is 18.2. The van der Waals surface area contributed by atoms with Gasteiger partial charge in [0.2, 0.25) is 17.7 Å². The second-order valence-electron chi connectivity index (χ2n) is 6.30. The number of benzene rings is 1. The Bertz CT molecular complexity index is 1190. The Hall–Kier alpha value is -4.20. The van der Waals surface area contributed by atoms with Crippen LogP contribution in [0.2, 0.25) is 0 Å². The summed E-state index contributed by atoms with van der Waals surface area (Å²) in [4.78, 5) is 35.5. The number of fused-ring (bicyclic) bond motifs is 1. The lowest BCUT2D eigenvalue weighted by molar-refractivity contribution is -0.116. The number of pyridine rings is 1. The van der Waals surface area contributed by atoms with Crippen molar-refractivity contribution in [1.29, 1.82) is 0 Å². The molecule has 0 aliphatic heterocycles. The number of primary amides is 1. The average Bonchev–Trinajstić information content (AvgIpc) is 3.36. The largest absolute Gasteiger partial charge is 0.448 e. The first-order valence-corrected chi connectivity index (χ1v) is 8.82. The van der Waals surface area contributed by atoms with Crippen LogP contribution in [0.1, 0.15) is 17.0 Å². The molecule has 0 atom stereocenters. The number of hydrogen-bond donors (Lipinski definition) is 3. The Morgan fingerprint density at radius 3 is 2.76 bits per heavy atom. The van der Waals surface area contributed by atoms with E-state index in [-0.39, 0.29) is 12.3 Å². The summed E-state index contributed by atoms with van der Waals surface area (Å²) in [5, 5.41) is 3.51. The minimum absolute atomic E-state index is 0.0186. The fourth-order valence-corrected chi connectivity index (χ4v) is 2.96. The molecule has 8 nitrogen and oxygen atoms in total. The van der Waals surface area contributed by atoms with Crippen LogP contribution in [0.25, 0.3) is 22.7 Å². The molecule has 0 aliphatic rings. The molecule has 144 valence electrons. The number of anilines is 1. The molecule has 0 bridgehead atoms. The molecule has 0 saturated carbocycles. The van der Waals surface area contributed by atoms with Crippen molar-refractivity contribution in [3.63, 3.8) is 0 Å². The van der Waals surface area contributed by atoms with Gasteiger partial charge in [0.1, 0.15) is 18.3 Å². The van der Waals surface area contributed by atoms with Crippen LogP contribution in [0.15, 0.2) is 65.7 Å². The zero-order valence-electron chi connectivity index (χ0n) is 15.3. The normalized spacial score (nSPS) is 11.5. The number of nitrogens with one attached hydrogen (secondary N) is 2. The van der Waals surface area contributed by atoms with E-state index < -0.39 is 5.91 Å². The van der Waals surface area contributed by atoms with Gasteiger partial charge in [-0.1, -0.05) is 30.3 Å². The van der Waals surface area contributed by atoms with Crippen molar-refractivity contribution in [2.45, 2.75) is 6.42 Å². The summed E-state index contributed by atoms with van der Waals surface area (Å²) in [6.07, 6.45) is 7.91. The molecule has 3 aromatic heterocycles. The van der Waals surface area contributed by atoms with Crippen LogP contribution in [-0.4, -0.2) is 26.8 Å². The zero-order valence-corrected chi connectivity index (χ0v) is 15.3. The molecule has 1 aromatic carbocycles. The monoisotopic (exact) mass is 387 g/mol. The topological polar surface area (TPSA) is 127 Å². The Balaban J connectivity index is 1.64. The Kier molecular flexibility index (Phi) is 4.90. The molecule has 29 heavy (non-hydrogen) atoms. The van der Waals surface area contributed by atoms with Gasteiger partial charge in [0.25, 0.3) is 0 Å². The maximum atomic E-state index is 12.2. The SMILES string of the molecule is NC(=O)/C(=C/c1c[nH]c2ncc(NC(=O)Cc3ncco3)cc12)c1ccccc1. The maximum absolute atomic E-state index is 12.2. The van der Waals surface area contributed by atoms with Crippen LogP contribution in [0, 0.1) is 0 Å². The van der Waals surface area contributed by atoms with Gasteiger partial charge in [-0.3, -0.25) is 9.59 Å². The highest BCUT2D eigenvalue weighted by atomic mass is 16.3. The number of aromatic amines is 1. The summed E-state index contributed by atoms with van der Waals surface area (Å²) in [5.41, 5.74) is 8.56. The summed E-state index contributed by atoms with van der Waals surface area (Å²) in [6.45, 7) is 0. The highest BCUT2D eigenvalue weighted by molar-refractivity contribution is 6.24. The summed E-state index contributed by atoms with van der Waals surface area (Å²) in [7, 11) is 0. The number of hydrogen-bond acceptors (Lipinski definition) is 5. The van der Waals surface area contributed by atoms with E-state index in [1.165, 1.54) is 12.5 Å². The number of nitrogens with zero attached hydrogens (tertiary/aromatic N) is 2. The molecule has 0 unspecified atom stereocenters. The number of H-pyrrole nitrogens is 1. The van der Waals surface area contributed by atoms with Crippen molar-refractivity contribution >= 4 is 40.2 Å². The average molecular weight is 387 g/mol. The van der Waals surface area contributed by atoms with E-state index in [0.29, 0.717) is 22.8 Å². The third-order valence-electron chi connectivity index (χ3n) is 4.29. The predicted octanol–water partition coefficient (Wildman–Crippen LogP) is 2.76. The highest BCUT2D eigenvalue weighted by Gasteiger charge is 2.12. The number of rotatable bonds is 6. The lowest BCUT2D eigenvalue weighted by atomic mass is 10.0. The smallest absolute Gasteiger partial charge is 0.249 e. The lowest BCUT2D eigenvalue weighted by Crippen LogP contribution is -2.14.